The molecule has 0 radical (unpaired) electrons. The number of nitrogens with zero attached hydrogens (tertiary/aromatic N) is 1. The molecule has 2 rings (SSSR count). The Bertz CT molecular complexity index is 517. The number of rotatable bonds is 6. The SMILES string of the molecule is CCN(CC1CC1)S(=O)(=O)c1cc(CN)oc1C. The second-order valence-corrected chi connectivity index (χ2v) is 6.64. The molecule has 0 aliphatic heterocycles. The van der Waals surface area contributed by atoms with E-state index in [0.717, 1.165) is 12.8 Å². The minimum absolute atomic E-state index is 0.213. The number of nitrogens with two attached hydrogens (primary N) is 1. The summed E-state index contributed by atoms with van der Waals surface area (Å²) in [4.78, 5) is 0.255. The molecule has 102 valence electrons. The molecular weight excluding hydrogens is 252 g/mol. The van der Waals surface area contributed by atoms with Crippen LogP contribution in [-0.2, 0) is 16.6 Å². The van der Waals surface area contributed by atoms with E-state index < -0.39 is 10.0 Å². The lowest BCUT2D eigenvalue weighted by molar-refractivity contribution is 0.409. The third kappa shape index (κ3) is 2.60. The molecule has 1 aliphatic carbocycles. The number of aryl methyl sites for hydroxylation is 1. The van der Waals surface area contributed by atoms with Crippen LogP contribution in [0.15, 0.2) is 15.4 Å². The van der Waals surface area contributed by atoms with E-state index in [0.29, 0.717) is 30.5 Å². The van der Waals surface area contributed by atoms with E-state index >= 15 is 0 Å². The van der Waals surface area contributed by atoms with Crippen LogP contribution < -0.4 is 5.73 Å². The number of furan rings is 1. The standard InChI is InChI=1S/C12H20N2O3S/c1-3-14(8-10-4-5-10)18(15,16)12-6-11(7-13)17-9(12)2/h6,10H,3-5,7-8,13H2,1-2H3. The first-order chi connectivity index (χ1) is 8.48. The lowest BCUT2D eigenvalue weighted by atomic mass is 10.4. The summed E-state index contributed by atoms with van der Waals surface area (Å²) < 4.78 is 31.9. The van der Waals surface area contributed by atoms with Crippen molar-refractivity contribution in [2.45, 2.75) is 38.1 Å². The quantitative estimate of drug-likeness (QED) is 0.850. The predicted octanol–water partition coefficient (Wildman–Crippen LogP) is 1.47. The Hall–Kier alpha value is -0.850. The molecule has 18 heavy (non-hydrogen) atoms. The first-order valence-corrected chi connectivity index (χ1v) is 7.72. The second-order valence-electron chi connectivity index (χ2n) is 4.74. The predicted molar refractivity (Wildman–Crippen MR) is 68.5 cm³/mol. The average molecular weight is 272 g/mol. The van der Waals surface area contributed by atoms with Crippen LogP contribution in [0.5, 0.6) is 0 Å². The van der Waals surface area contributed by atoms with E-state index in [1.54, 1.807) is 13.0 Å². The van der Waals surface area contributed by atoms with Crippen molar-refractivity contribution in [1.29, 1.82) is 0 Å². The minimum Gasteiger partial charge on any atom is -0.464 e. The monoisotopic (exact) mass is 272 g/mol. The molecule has 1 aromatic heterocycles. The largest absolute Gasteiger partial charge is 0.464 e. The van der Waals surface area contributed by atoms with Crippen molar-refractivity contribution in [2.75, 3.05) is 13.1 Å². The van der Waals surface area contributed by atoms with Gasteiger partial charge < -0.3 is 10.2 Å². The summed E-state index contributed by atoms with van der Waals surface area (Å²) in [6, 6.07) is 1.54. The summed E-state index contributed by atoms with van der Waals surface area (Å²) in [6.45, 7) is 4.84. The number of hydrogen-bond acceptors (Lipinski definition) is 4. The Kier molecular flexibility index (Phi) is 3.79. The lowest BCUT2D eigenvalue weighted by Crippen LogP contribution is -2.32. The third-order valence-electron chi connectivity index (χ3n) is 3.25. The van der Waals surface area contributed by atoms with Crippen molar-refractivity contribution in [1.82, 2.24) is 4.31 Å². The van der Waals surface area contributed by atoms with Crippen LogP contribution in [0.25, 0.3) is 0 Å². The van der Waals surface area contributed by atoms with Crippen molar-refractivity contribution in [3.63, 3.8) is 0 Å². The van der Waals surface area contributed by atoms with Gasteiger partial charge in [0.1, 0.15) is 16.4 Å². The molecule has 0 spiro atoms. The molecule has 0 saturated heterocycles. The zero-order valence-corrected chi connectivity index (χ0v) is 11.7. The maximum atomic E-state index is 12.5. The van der Waals surface area contributed by atoms with E-state index in [2.05, 4.69) is 0 Å². The van der Waals surface area contributed by atoms with Crippen molar-refractivity contribution in [2.24, 2.45) is 11.7 Å². The van der Waals surface area contributed by atoms with E-state index in [1.165, 1.54) is 4.31 Å². The average Bonchev–Trinajstić information content (AvgIpc) is 3.07. The van der Waals surface area contributed by atoms with Crippen LogP contribution in [-0.4, -0.2) is 25.8 Å². The summed E-state index contributed by atoms with van der Waals surface area (Å²) in [5, 5.41) is 0. The molecule has 6 heteroatoms. The van der Waals surface area contributed by atoms with Crippen molar-refractivity contribution < 1.29 is 12.8 Å². The second kappa shape index (κ2) is 5.03. The van der Waals surface area contributed by atoms with Crippen molar-refractivity contribution in [3.05, 3.63) is 17.6 Å². The Morgan fingerprint density at radius 2 is 2.17 bits per heavy atom. The molecule has 1 aromatic rings. The highest BCUT2D eigenvalue weighted by Gasteiger charge is 2.32. The maximum Gasteiger partial charge on any atom is 0.246 e. The van der Waals surface area contributed by atoms with Gasteiger partial charge in [-0.2, -0.15) is 4.31 Å². The smallest absolute Gasteiger partial charge is 0.246 e. The van der Waals surface area contributed by atoms with Gasteiger partial charge in [0.15, 0.2) is 0 Å². The molecule has 1 aliphatic rings. The van der Waals surface area contributed by atoms with Crippen molar-refractivity contribution in [3.8, 4) is 0 Å². The first kappa shape index (κ1) is 13.6. The van der Waals surface area contributed by atoms with E-state index in [1.807, 2.05) is 6.92 Å². The van der Waals surface area contributed by atoms with Crippen LogP contribution in [0.4, 0.5) is 0 Å². The van der Waals surface area contributed by atoms with Crippen LogP contribution in [0.2, 0.25) is 0 Å². The normalized spacial score (nSPS) is 16.4. The fraction of sp³-hybridized carbons (Fsp3) is 0.667. The van der Waals surface area contributed by atoms with Gasteiger partial charge in [-0.25, -0.2) is 8.42 Å². The van der Waals surface area contributed by atoms with Crippen LogP contribution in [0.1, 0.15) is 31.3 Å². The lowest BCUT2D eigenvalue weighted by Gasteiger charge is -2.19. The molecule has 0 atom stereocenters. The number of hydrogen-bond donors (Lipinski definition) is 1. The Labute approximate surface area is 108 Å². The van der Waals surface area contributed by atoms with Crippen molar-refractivity contribution >= 4 is 10.0 Å². The van der Waals surface area contributed by atoms with E-state index in [4.69, 9.17) is 10.2 Å². The Morgan fingerprint density at radius 1 is 1.50 bits per heavy atom. The van der Waals surface area contributed by atoms with Gasteiger partial charge in [0.05, 0.1) is 6.54 Å². The summed E-state index contributed by atoms with van der Waals surface area (Å²) in [7, 11) is -3.44. The van der Waals surface area contributed by atoms with E-state index in [-0.39, 0.29) is 11.4 Å². The Balaban J connectivity index is 2.29. The van der Waals surface area contributed by atoms with Gasteiger partial charge >= 0.3 is 0 Å². The van der Waals surface area contributed by atoms with Gasteiger partial charge in [-0.15, -0.1) is 0 Å². The summed E-state index contributed by atoms with van der Waals surface area (Å²) in [6.07, 6.45) is 2.26. The van der Waals surface area contributed by atoms with Crippen LogP contribution in [0.3, 0.4) is 0 Å². The Morgan fingerprint density at radius 3 is 2.61 bits per heavy atom. The molecule has 0 bridgehead atoms. The molecule has 1 heterocycles. The molecule has 0 aromatic carbocycles. The highest BCUT2D eigenvalue weighted by molar-refractivity contribution is 7.89. The molecule has 0 unspecified atom stereocenters. The van der Waals surface area contributed by atoms with Gasteiger partial charge in [0, 0.05) is 19.2 Å². The molecule has 1 fully saturated rings. The van der Waals surface area contributed by atoms with Gasteiger partial charge in [-0.1, -0.05) is 6.92 Å². The van der Waals surface area contributed by atoms with E-state index in [9.17, 15) is 8.42 Å². The van der Waals surface area contributed by atoms with Crippen LogP contribution >= 0.6 is 0 Å². The fourth-order valence-corrected chi connectivity index (χ4v) is 3.72. The summed E-state index contributed by atoms with van der Waals surface area (Å²) >= 11 is 0. The fourth-order valence-electron chi connectivity index (χ4n) is 2.01. The molecule has 2 N–H and O–H groups in total. The highest BCUT2D eigenvalue weighted by atomic mass is 32.2. The highest BCUT2D eigenvalue weighted by Crippen LogP contribution is 2.32. The molecule has 1 saturated carbocycles. The van der Waals surface area contributed by atoms with Gasteiger partial charge in [0.2, 0.25) is 10.0 Å². The van der Waals surface area contributed by atoms with Crippen LogP contribution in [0, 0.1) is 12.8 Å². The van der Waals surface area contributed by atoms with Gasteiger partial charge in [-0.05, 0) is 25.7 Å². The summed E-state index contributed by atoms with van der Waals surface area (Å²) in [5.74, 6) is 1.46. The number of sulfonamides is 1. The first-order valence-electron chi connectivity index (χ1n) is 6.28. The van der Waals surface area contributed by atoms with Gasteiger partial charge in [0.25, 0.3) is 0 Å². The molecule has 5 nitrogen and oxygen atoms in total. The molecule has 0 amide bonds. The van der Waals surface area contributed by atoms with Gasteiger partial charge in [-0.3, -0.25) is 0 Å². The maximum absolute atomic E-state index is 12.5. The minimum atomic E-state index is -3.44. The third-order valence-corrected chi connectivity index (χ3v) is 5.30. The zero-order valence-electron chi connectivity index (χ0n) is 10.8. The molecular formula is C12H20N2O3S. The topological polar surface area (TPSA) is 76.5 Å². The summed E-state index contributed by atoms with van der Waals surface area (Å²) in [5.41, 5.74) is 5.47. The zero-order chi connectivity index (χ0) is 13.3.